The van der Waals surface area contributed by atoms with E-state index in [1.807, 2.05) is 11.5 Å². The molecule has 0 aliphatic rings. The summed E-state index contributed by atoms with van der Waals surface area (Å²) in [6.45, 7) is 6.07. The van der Waals surface area contributed by atoms with Crippen LogP contribution in [0.15, 0.2) is 54.2 Å². The molecule has 0 bridgehead atoms. The molecule has 3 rings (SSSR count). The monoisotopic (exact) mass is 526 g/mol. The Labute approximate surface area is 211 Å². The van der Waals surface area contributed by atoms with Crippen molar-refractivity contribution in [3.8, 4) is 11.5 Å². The van der Waals surface area contributed by atoms with E-state index in [-0.39, 0.29) is 11.7 Å². The maximum atomic E-state index is 12.5. The Hall–Kier alpha value is -2.39. The molecule has 1 atom stereocenters. The van der Waals surface area contributed by atoms with Gasteiger partial charge in [-0.3, -0.25) is 9.36 Å². The molecule has 1 unspecified atom stereocenters. The minimum Gasteiger partial charge on any atom is -0.495 e. The highest BCUT2D eigenvalue weighted by Crippen LogP contribution is 2.32. The number of hydrogen-bond acceptors (Lipinski definition) is 6. The van der Waals surface area contributed by atoms with Crippen LogP contribution in [0, 0.1) is 0 Å². The fourth-order valence-electron chi connectivity index (χ4n) is 2.92. The molecule has 0 fully saturated rings. The van der Waals surface area contributed by atoms with Gasteiger partial charge in [-0.2, -0.15) is 0 Å². The summed E-state index contributed by atoms with van der Waals surface area (Å²) in [4.78, 5) is 12.5. The molecule has 0 spiro atoms. The number of rotatable bonds is 10. The first-order valence-corrected chi connectivity index (χ1v) is 11.9. The van der Waals surface area contributed by atoms with Crippen molar-refractivity contribution in [1.82, 2.24) is 14.8 Å². The molecule has 1 heterocycles. The van der Waals surface area contributed by atoms with Crippen LogP contribution in [0.2, 0.25) is 15.1 Å². The highest BCUT2D eigenvalue weighted by molar-refractivity contribution is 7.99. The number of carbonyl (C=O) groups is 1. The van der Waals surface area contributed by atoms with Crippen LogP contribution in [-0.2, 0) is 11.3 Å². The van der Waals surface area contributed by atoms with Crippen molar-refractivity contribution in [2.45, 2.75) is 24.7 Å². The van der Waals surface area contributed by atoms with E-state index in [4.69, 9.17) is 44.3 Å². The van der Waals surface area contributed by atoms with Crippen LogP contribution < -0.4 is 14.8 Å². The summed E-state index contributed by atoms with van der Waals surface area (Å²) < 4.78 is 13.1. The maximum absolute atomic E-state index is 12.5. The summed E-state index contributed by atoms with van der Waals surface area (Å²) in [5, 5.41) is 13.2. The van der Waals surface area contributed by atoms with E-state index in [0.717, 1.165) is 0 Å². The quantitative estimate of drug-likeness (QED) is 0.246. The Kier molecular flexibility index (Phi) is 8.91. The predicted molar refractivity (Wildman–Crippen MR) is 133 cm³/mol. The maximum Gasteiger partial charge on any atom is 0.234 e. The summed E-state index contributed by atoms with van der Waals surface area (Å²) >= 11 is 19.4. The van der Waals surface area contributed by atoms with Crippen molar-refractivity contribution in [2.75, 3.05) is 18.2 Å². The molecule has 0 saturated heterocycles. The number of methoxy groups -OCH3 is 1. The van der Waals surface area contributed by atoms with Crippen LogP contribution in [0.4, 0.5) is 5.69 Å². The molecule has 1 aromatic heterocycles. The molecule has 11 heteroatoms. The third kappa shape index (κ3) is 6.57. The molecule has 174 valence electrons. The lowest BCUT2D eigenvalue weighted by Gasteiger charge is -2.16. The van der Waals surface area contributed by atoms with Gasteiger partial charge >= 0.3 is 0 Å². The normalized spacial score (nSPS) is 11.7. The number of benzene rings is 2. The van der Waals surface area contributed by atoms with Crippen molar-refractivity contribution in [1.29, 1.82) is 0 Å². The van der Waals surface area contributed by atoms with E-state index in [2.05, 4.69) is 22.1 Å². The summed E-state index contributed by atoms with van der Waals surface area (Å²) in [6, 6.07) is 9.99. The van der Waals surface area contributed by atoms with E-state index in [0.29, 0.717) is 49.8 Å². The number of allylic oxidation sites excluding steroid dienone is 1. The molecule has 7 nitrogen and oxygen atoms in total. The summed E-state index contributed by atoms with van der Waals surface area (Å²) in [5.41, 5.74) is 0.491. The van der Waals surface area contributed by atoms with Crippen LogP contribution in [0.1, 0.15) is 18.9 Å². The minimum absolute atomic E-state index is 0.100. The second-order valence-corrected chi connectivity index (χ2v) is 8.98. The highest BCUT2D eigenvalue weighted by atomic mass is 35.5. The molecule has 0 aliphatic heterocycles. The SMILES string of the molecule is C=CCn1c(SCC(=O)Nc2cc(Cl)ccc2OC)nnc1C(C)Oc1ccc(Cl)cc1Cl. The van der Waals surface area contributed by atoms with Gasteiger partial charge in [0.1, 0.15) is 11.5 Å². The number of thioether (sulfide) groups is 1. The number of halogens is 3. The van der Waals surface area contributed by atoms with Crippen LogP contribution in [0.5, 0.6) is 11.5 Å². The van der Waals surface area contributed by atoms with Crippen LogP contribution in [0.3, 0.4) is 0 Å². The first kappa shape index (κ1) is 25.2. The number of ether oxygens (including phenoxy) is 2. The smallest absolute Gasteiger partial charge is 0.234 e. The summed E-state index contributed by atoms with van der Waals surface area (Å²) in [7, 11) is 1.52. The van der Waals surface area contributed by atoms with Crippen molar-refractivity contribution in [3.63, 3.8) is 0 Å². The van der Waals surface area contributed by atoms with Gasteiger partial charge in [0.15, 0.2) is 17.1 Å². The lowest BCUT2D eigenvalue weighted by molar-refractivity contribution is -0.113. The highest BCUT2D eigenvalue weighted by Gasteiger charge is 2.21. The largest absolute Gasteiger partial charge is 0.495 e. The van der Waals surface area contributed by atoms with Crippen molar-refractivity contribution >= 4 is 58.2 Å². The van der Waals surface area contributed by atoms with Crippen LogP contribution >= 0.6 is 46.6 Å². The van der Waals surface area contributed by atoms with E-state index in [1.165, 1.54) is 18.9 Å². The van der Waals surface area contributed by atoms with Gasteiger partial charge in [0, 0.05) is 16.6 Å². The average Bonchev–Trinajstić information content (AvgIpc) is 3.17. The lowest BCUT2D eigenvalue weighted by Crippen LogP contribution is -2.16. The van der Waals surface area contributed by atoms with Gasteiger partial charge in [-0.15, -0.1) is 16.8 Å². The average molecular weight is 528 g/mol. The van der Waals surface area contributed by atoms with Crippen molar-refractivity contribution in [3.05, 3.63) is 69.9 Å². The number of carbonyl (C=O) groups excluding carboxylic acids is 1. The zero-order valence-electron chi connectivity index (χ0n) is 17.8. The van der Waals surface area contributed by atoms with Crippen molar-refractivity contribution < 1.29 is 14.3 Å². The Morgan fingerprint density at radius 2 is 1.88 bits per heavy atom. The number of aromatic nitrogens is 3. The molecule has 33 heavy (non-hydrogen) atoms. The molecular weight excluding hydrogens is 507 g/mol. The predicted octanol–water partition coefficient (Wildman–Crippen LogP) is 6.30. The number of hydrogen-bond donors (Lipinski definition) is 1. The lowest BCUT2D eigenvalue weighted by atomic mass is 10.3. The second kappa shape index (κ2) is 11.7. The standard InChI is InChI=1S/C22H21Cl3N4O3S/c1-4-9-29-21(13(2)32-18-7-5-14(23)10-16(18)25)27-28-22(29)33-12-20(30)26-17-11-15(24)6-8-19(17)31-3/h4-8,10-11,13H,1,9,12H2,2-3H3,(H,26,30). The molecule has 0 aliphatic carbocycles. The van der Waals surface area contributed by atoms with Gasteiger partial charge in [0.2, 0.25) is 5.91 Å². The van der Waals surface area contributed by atoms with Gasteiger partial charge < -0.3 is 14.8 Å². The Bertz CT molecular complexity index is 1160. The fraction of sp³-hybridized carbons (Fsp3) is 0.227. The van der Waals surface area contributed by atoms with Crippen molar-refractivity contribution in [2.24, 2.45) is 0 Å². The molecule has 2 aromatic carbocycles. The first-order valence-electron chi connectivity index (χ1n) is 9.74. The van der Waals surface area contributed by atoms with E-state index in [9.17, 15) is 4.79 Å². The van der Waals surface area contributed by atoms with Gasteiger partial charge in [-0.1, -0.05) is 52.6 Å². The van der Waals surface area contributed by atoms with Gasteiger partial charge in [0.25, 0.3) is 0 Å². The van der Waals surface area contributed by atoms with E-state index < -0.39 is 6.10 Å². The Balaban J connectivity index is 1.70. The molecular formula is C22H21Cl3N4O3S. The van der Waals surface area contributed by atoms with Gasteiger partial charge in [0.05, 0.1) is 23.6 Å². The molecule has 0 saturated carbocycles. The number of anilines is 1. The van der Waals surface area contributed by atoms with Crippen LogP contribution in [0.25, 0.3) is 0 Å². The molecule has 1 N–H and O–H groups in total. The third-order valence-corrected chi connectivity index (χ3v) is 6.12. The first-order chi connectivity index (χ1) is 15.8. The number of amides is 1. The zero-order chi connectivity index (χ0) is 24.0. The molecule has 3 aromatic rings. The van der Waals surface area contributed by atoms with E-state index >= 15 is 0 Å². The van der Waals surface area contributed by atoms with Crippen LogP contribution in [-0.4, -0.2) is 33.5 Å². The Morgan fingerprint density at radius 3 is 2.55 bits per heavy atom. The third-order valence-electron chi connectivity index (χ3n) is 4.39. The second-order valence-electron chi connectivity index (χ2n) is 6.76. The minimum atomic E-state index is -0.463. The summed E-state index contributed by atoms with van der Waals surface area (Å²) in [6.07, 6.45) is 1.26. The van der Waals surface area contributed by atoms with Gasteiger partial charge in [-0.25, -0.2) is 0 Å². The topological polar surface area (TPSA) is 78.3 Å². The van der Waals surface area contributed by atoms with Gasteiger partial charge in [-0.05, 0) is 43.3 Å². The molecule has 0 radical (unpaired) electrons. The zero-order valence-corrected chi connectivity index (χ0v) is 20.9. The fourth-order valence-corrected chi connectivity index (χ4v) is 4.30. The van der Waals surface area contributed by atoms with E-state index in [1.54, 1.807) is 42.5 Å². The summed E-state index contributed by atoms with van der Waals surface area (Å²) in [5.74, 6) is 1.42. The number of nitrogens with zero attached hydrogens (tertiary/aromatic N) is 3. The molecule has 1 amide bonds. The Morgan fingerprint density at radius 1 is 1.18 bits per heavy atom. The number of nitrogens with one attached hydrogen (secondary N) is 1.